The van der Waals surface area contributed by atoms with E-state index in [1.54, 1.807) is 25.3 Å². The Hall–Kier alpha value is -1.79. The first kappa shape index (κ1) is 19.3. The second-order valence-electron chi connectivity index (χ2n) is 7.11. The van der Waals surface area contributed by atoms with E-state index in [-0.39, 0.29) is 10.7 Å². The van der Waals surface area contributed by atoms with Gasteiger partial charge < -0.3 is 4.43 Å². The molecule has 0 radical (unpaired) electrons. The van der Waals surface area contributed by atoms with Crippen molar-refractivity contribution in [2.75, 3.05) is 6.61 Å². The summed E-state index contributed by atoms with van der Waals surface area (Å²) in [7, 11) is -1.82. The van der Waals surface area contributed by atoms with Gasteiger partial charge in [0.15, 0.2) is 8.32 Å². The van der Waals surface area contributed by atoms with Crippen molar-refractivity contribution in [2.24, 2.45) is 0 Å². The van der Waals surface area contributed by atoms with E-state index < -0.39 is 13.2 Å². The summed E-state index contributed by atoms with van der Waals surface area (Å²) in [6.45, 7) is 16.8. The van der Waals surface area contributed by atoms with Crippen LogP contribution in [0.15, 0.2) is 24.9 Å². The van der Waals surface area contributed by atoms with Gasteiger partial charge in [-0.3, -0.25) is 10.1 Å². The fraction of sp³-hybridized carbons (Fsp3) is 0.471. The number of nitrogens with zero attached hydrogens (tertiary/aromatic N) is 2. The molecule has 0 aliphatic heterocycles. The number of pyridine rings is 1. The SMILES string of the molecule is C=C(C)c1nccc(C=CCO[Si](C)(C)C(C)(C)C)c1[N+](=O)[O-]. The highest BCUT2D eigenvalue weighted by atomic mass is 28.4. The Kier molecular flexibility index (Phi) is 6.02. The van der Waals surface area contributed by atoms with Crippen molar-refractivity contribution in [3.8, 4) is 0 Å². The first-order chi connectivity index (χ1) is 10.5. The molecule has 23 heavy (non-hydrogen) atoms. The molecule has 1 aromatic rings. The van der Waals surface area contributed by atoms with Crippen molar-refractivity contribution < 1.29 is 9.35 Å². The summed E-state index contributed by atoms with van der Waals surface area (Å²) in [6, 6.07) is 1.63. The lowest BCUT2D eigenvalue weighted by Gasteiger charge is -2.35. The zero-order chi connectivity index (χ0) is 17.8. The van der Waals surface area contributed by atoms with E-state index in [2.05, 4.69) is 45.4 Å². The van der Waals surface area contributed by atoms with Crippen LogP contribution >= 0.6 is 0 Å². The quantitative estimate of drug-likeness (QED) is 0.414. The monoisotopic (exact) mass is 334 g/mol. The molecule has 0 N–H and O–H groups in total. The lowest BCUT2D eigenvalue weighted by Crippen LogP contribution is -2.40. The average Bonchev–Trinajstić information content (AvgIpc) is 2.41. The Bertz CT molecular complexity index is 631. The van der Waals surface area contributed by atoms with Gasteiger partial charge in [0.05, 0.1) is 17.1 Å². The molecule has 1 aromatic heterocycles. The Morgan fingerprint density at radius 1 is 1.48 bits per heavy atom. The van der Waals surface area contributed by atoms with Crippen LogP contribution in [-0.4, -0.2) is 24.8 Å². The molecular formula is C17H26N2O3Si. The molecule has 1 rings (SSSR count). The maximum atomic E-state index is 11.3. The average molecular weight is 334 g/mol. The van der Waals surface area contributed by atoms with E-state index in [9.17, 15) is 10.1 Å². The van der Waals surface area contributed by atoms with Crippen LogP contribution in [0, 0.1) is 10.1 Å². The number of allylic oxidation sites excluding steroid dienone is 1. The molecule has 126 valence electrons. The van der Waals surface area contributed by atoms with Gasteiger partial charge >= 0.3 is 5.69 Å². The maximum absolute atomic E-state index is 11.3. The molecule has 0 aliphatic carbocycles. The molecule has 0 aromatic carbocycles. The minimum absolute atomic E-state index is 0.0106. The Morgan fingerprint density at radius 3 is 2.57 bits per heavy atom. The van der Waals surface area contributed by atoms with E-state index in [1.165, 1.54) is 0 Å². The summed E-state index contributed by atoms with van der Waals surface area (Å²) in [6.07, 6.45) is 5.11. The molecule has 0 saturated heterocycles. The molecule has 0 aliphatic rings. The fourth-order valence-corrected chi connectivity index (χ4v) is 2.70. The normalized spacial score (nSPS) is 12.6. The van der Waals surface area contributed by atoms with Crippen LogP contribution in [0.1, 0.15) is 39.0 Å². The van der Waals surface area contributed by atoms with E-state index in [4.69, 9.17) is 4.43 Å². The minimum Gasteiger partial charge on any atom is -0.413 e. The van der Waals surface area contributed by atoms with Gasteiger partial charge in [0.25, 0.3) is 0 Å². The van der Waals surface area contributed by atoms with Crippen molar-refractivity contribution >= 4 is 25.7 Å². The predicted molar refractivity (Wildman–Crippen MR) is 97.8 cm³/mol. The van der Waals surface area contributed by atoms with Crippen molar-refractivity contribution in [2.45, 2.75) is 45.8 Å². The first-order valence-electron chi connectivity index (χ1n) is 7.57. The third-order valence-electron chi connectivity index (χ3n) is 4.19. The first-order valence-corrected chi connectivity index (χ1v) is 10.5. The molecule has 0 atom stereocenters. The number of hydrogen-bond acceptors (Lipinski definition) is 4. The molecule has 6 heteroatoms. The third kappa shape index (κ3) is 4.84. The zero-order valence-corrected chi connectivity index (χ0v) is 15.8. The van der Waals surface area contributed by atoms with Gasteiger partial charge in [-0.05, 0) is 42.8 Å². The summed E-state index contributed by atoms with van der Waals surface area (Å²) < 4.78 is 6.04. The second kappa shape index (κ2) is 7.19. The summed E-state index contributed by atoms with van der Waals surface area (Å²) in [4.78, 5) is 15.0. The highest BCUT2D eigenvalue weighted by Gasteiger charge is 2.36. The van der Waals surface area contributed by atoms with Crippen molar-refractivity contribution in [3.05, 3.63) is 46.3 Å². The van der Waals surface area contributed by atoms with Gasteiger partial charge in [0, 0.05) is 6.20 Å². The van der Waals surface area contributed by atoms with Gasteiger partial charge in [0.2, 0.25) is 0 Å². The molecule has 0 amide bonds. The highest BCUT2D eigenvalue weighted by molar-refractivity contribution is 6.74. The predicted octanol–water partition coefficient (Wildman–Crippen LogP) is 5.06. The summed E-state index contributed by atoms with van der Waals surface area (Å²) >= 11 is 0. The lowest BCUT2D eigenvalue weighted by atomic mass is 10.1. The topological polar surface area (TPSA) is 65.3 Å². The zero-order valence-electron chi connectivity index (χ0n) is 14.8. The van der Waals surface area contributed by atoms with E-state index in [1.807, 2.05) is 6.08 Å². The Labute approximate surface area is 139 Å². The van der Waals surface area contributed by atoms with Crippen LogP contribution < -0.4 is 0 Å². The number of nitro groups is 1. The molecule has 1 heterocycles. The number of aromatic nitrogens is 1. The molecule has 0 fully saturated rings. The fourth-order valence-electron chi connectivity index (χ4n) is 1.76. The van der Waals surface area contributed by atoms with Crippen LogP contribution in [0.2, 0.25) is 18.1 Å². The van der Waals surface area contributed by atoms with Gasteiger partial charge in [-0.2, -0.15) is 0 Å². The largest absolute Gasteiger partial charge is 0.413 e. The van der Waals surface area contributed by atoms with Crippen molar-refractivity contribution in [3.63, 3.8) is 0 Å². The second-order valence-corrected chi connectivity index (χ2v) is 11.9. The van der Waals surface area contributed by atoms with Gasteiger partial charge in [-0.1, -0.05) is 33.4 Å². The van der Waals surface area contributed by atoms with E-state index in [0.717, 1.165) is 0 Å². The standard InChI is InChI=1S/C17H26N2O3Si/c1-13(2)15-16(19(20)21)14(10-11-18-15)9-8-12-22-23(6,7)17(3,4)5/h8-11H,1,12H2,2-7H3. The Balaban J connectivity index is 2.96. The van der Waals surface area contributed by atoms with Crippen LogP contribution in [0.25, 0.3) is 11.6 Å². The summed E-state index contributed by atoms with van der Waals surface area (Å²) in [5.74, 6) is 0. The minimum atomic E-state index is -1.82. The van der Waals surface area contributed by atoms with Crippen LogP contribution in [0.5, 0.6) is 0 Å². The van der Waals surface area contributed by atoms with Gasteiger partial charge in [0.1, 0.15) is 5.69 Å². The van der Waals surface area contributed by atoms with Crippen LogP contribution in [0.4, 0.5) is 5.69 Å². The highest BCUT2D eigenvalue weighted by Crippen LogP contribution is 2.36. The van der Waals surface area contributed by atoms with Crippen LogP contribution in [0.3, 0.4) is 0 Å². The maximum Gasteiger partial charge on any atom is 0.302 e. The Morgan fingerprint density at radius 2 is 2.09 bits per heavy atom. The smallest absolute Gasteiger partial charge is 0.302 e. The van der Waals surface area contributed by atoms with Crippen molar-refractivity contribution in [1.29, 1.82) is 0 Å². The molecule has 0 unspecified atom stereocenters. The lowest BCUT2D eigenvalue weighted by molar-refractivity contribution is -0.385. The molecule has 0 bridgehead atoms. The molecule has 5 nitrogen and oxygen atoms in total. The third-order valence-corrected chi connectivity index (χ3v) is 8.69. The molecule has 0 saturated carbocycles. The van der Waals surface area contributed by atoms with Gasteiger partial charge in [-0.25, -0.2) is 4.98 Å². The van der Waals surface area contributed by atoms with E-state index >= 15 is 0 Å². The van der Waals surface area contributed by atoms with Crippen molar-refractivity contribution in [1.82, 2.24) is 4.98 Å². The number of rotatable bonds is 6. The molecule has 0 spiro atoms. The summed E-state index contributed by atoms with van der Waals surface area (Å²) in [5.41, 5.74) is 1.40. The van der Waals surface area contributed by atoms with Gasteiger partial charge in [-0.15, -0.1) is 0 Å². The summed E-state index contributed by atoms with van der Waals surface area (Å²) in [5, 5.41) is 11.5. The van der Waals surface area contributed by atoms with Crippen LogP contribution in [-0.2, 0) is 4.43 Å². The van der Waals surface area contributed by atoms with E-state index in [0.29, 0.717) is 23.4 Å². The molecular weight excluding hydrogens is 308 g/mol. The number of hydrogen-bond donors (Lipinski definition) is 0.